The molecule has 2 fully saturated rings. The molecule has 7 nitrogen and oxygen atoms in total. The van der Waals surface area contributed by atoms with Crippen LogP contribution in [0.15, 0.2) is 18.2 Å². The lowest BCUT2D eigenvalue weighted by atomic mass is 9.97. The van der Waals surface area contributed by atoms with Crippen molar-refractivity contribution in [1.82, 2.24) is 9.80 Å². The molecule has 27 heavy (non-hydrogen) atoms. The molecule has 3 aliphatic heterocycles. The van der Waals surface area contributed by atoms with Gasteiger partial charge in [0.25, 0.3) is 0 Å². The van der Waals surface area contributed by atoms with Gasteiger partial charge in [0, 0.05) is 6.54 Å². The third-order valence-corrected chi connectivity index (χ3v) is 5.82. The van der Waals surface area contributed by atoms with Gasteiger partial charge in [-0.15, -0.1) is 0 Å². The Hall–Kier alpha value is -2.28. The zero-order chi connectivity index (χ0) is 18.8. The smallest absolute Gasteiger partial charge is 0.306 e. The quantitative estimate of drug-likeness (QED) is 0.867. The molecule has 3 heterocycles. The first-order valence-corrected chi connectivity index (χ1v) is 9.76. The molecular formula is C20H26N2O5. The van der Waals surface area contributed by atoms with E-state index in [9.17, 15) is 9.59 Å². The van der Waals surface area contributed by atoms with Gasteiger partial charge in [0.05, 0.1) is 18.5 Å². The van der Waals surface area contributed by atoms with Gasteiger partial charge in [-0.1, -0.05) is 6.07 Å². The number of likely N-dealkylation sites (tertiary alicyclic amines) is 2. The summed E-state index contributed by atoms with van der Waals surface area (Å²) < 4.78 is 11.3. The van der Waals surface area contributed by atoms with E-state index in [2.05, 4.69) is 4.90 Å². The Labute approximate surface area is 158 Å². The minimum Gasteiger partial charge on any atom is -0.486 e. The van der Waals surface area contributed by atoms with Gasteiger partial charge in [-0.2, -0.15) is 0 Å². The van der Waals surface area contributed by atoms with Crippen LogP contribution in [-0.2, 0) is 9.59 Å². The van der Waals surface area contributed by atoms with E-state index < -0.39 is 5.97 Å². The summed E-state index contributed by atoms with van der Waals surface area (Å²) in [6.45, 7) is 3.60. The van der Waals surface area contributed by atoms with Crippen LogP contribution in [-0.4, -0.2) is 66.2 Å². The van der Waals surface area contributed by atoms with E-state index in [1.54, 1.807) is 0 Å². The number of carboxylic acids is 1. The number of carbonyl (C=O) groups is 2. The normalized spacial score (nSPS) is 23.4. The van der Waals surface area contributed by atoms with Gasteiger partial charge in [0.1, 0.15) is 13.2 Å². The number of rotatable bonds is 4. The molecule has 1 N–H and O–H groups in total. The van der Waals surface area contributed by atoms with Crippen LogP contribution in [0.25, 0.3) is 0 Å². The number of fused-ring (bicyclic) bond motifs is 1. The molecule has 3 aliphatic rings. The van der Waals surface area contributed by atoms with Crippen molar-refractivity contribution >= 4 is 11.9 Å². The zero-order valence-corrected chi connectivity index (χ0v) is 15.4. The molecule has 4 rings (SSSR count). The molecule has 1 atom stereocenters. The van der Waals surface area contributed by atoms with Crippen molar-refractivity contribution in [2.75, 3.05) is 39.4 Å². The van der Waals surface area contributed by atoms with Crippen molar-refractivity contribution in [3.05, 3.63) is 23.8 Å². The van der Waals surface area contributed by atoms with Crippen LogP contribution in [0, 0.1) is 5.92 Å². The van der Waals surface area contributed by atoms with E-state index >= 15 is 0 Å². The first-order valence-electron chi connectivity index (χ1n) is 9.76. The first-order chi connectivity index (χ1) is 13.1. The Kier molecular flexibility index (Phi) is 5.20. The van der Waals surface area contributed by atoms with Crippen LogP contribution >= 0.6 is 0 Å². The van der Waals surface area contributed by atoms with Gasteiger partial charge >= 0.3 is 5.97 Å². The maximum Gasteiger partial charge on any atom is 0.306 e. The maximum absolute atomic E-state index is 12.9. The molecule has 0 saturated carbocycles. The molecule has 7 heteroatoms. The number of hydrogen-bond donors (Lipinski definition) is 1. The van der Waals surface area contributed by atoms with E-state index in [0.29, 0.717) is 45.7 Å². The van der Waals surface area contributed by atoms with Crippen molar-refractivity contribution in [2.24, 2.45) is 5.92 Å². The highest BCUT2D eigenvalue weighted by atomic mass is 16.6. The summed E-state index contributed by atoms with van der Waals surface area (Å²) in [4.78, 5) is 28.0. The number of ether oxygens (including phenoxy) is 2. The number of aliphatic carboxylic acids is 1. The highest BCUT2D eigenvalue weighted by Crippen LogP contribution is 2.38. The third-order valence-electron chi connectivity index (χ3n) is 5.82. The molecule has 2 saturated heterocycles. The predicted octanol–water partition coefficient (Wildman–Crippen LogP) is 1.92. The Bertz CT molecular complexity index is 714. The lowest BCUT2D eigenvalue weighted by Gasteiger charge is -2.32. The van der Waals surface area contributed by atoms with Crippen molar-refractivity contribution < 1.29 is 24.2 Å². The first kappa shape index (κ1) is 18.1. The summed E-state index contributed by atoms with van der Waals surface area (Å²) in [7, 11) is 0. The fourth-order valence-electron chi connectivity index (χ4n) is 4.30. The van der Waals surface area contributed by atoms with Gasteiger partial charge < -0.3 is 19.5 Å². The summed E-state index contributed by atoms with van der Waals surface area (Å²) in [6, 6.07) is 6.04. The average molecular weight is 374 g/mol. The highest BCUT2D eigenvalue weighted by molar-refractivity contribution is 5.79. The summed E-state index contributed by atoms with van der Waals surface area (Å²) in [6.07, 6.45) is 3.18. The minimum absolute atomic E-state index is 0.0740. The van der Waals surface area contributed by atoms with Crippen LogP contribution in [0.1, 0.15) is 37.3 Å². The van der Waals surface area contributed by atoms with Gasteiger partial charge in [-0.3, -0.25) is 14.5 Å². The fourth-order valence-corrected chi connectivity index (χ4v) is 4.30. The Morgan fingerprint density at radius 3 is 2.52 bits per heavy atom. The van der Waals surface area contributed by atoms with Crippen molar-refractivity contribution in [2.45, 2.75) is 31.7 Å². The number of carboxylic acid groups (broad SMARTS) is 1. The second kappa shape index (κ2) is 7.76. The summed E-state index contributed by atoms with van der Waals surface area (Å²) >= 11 is 0. The standard InChI is InChI=1S/C20H26N2O5/c23-19(13-21-8-5-14(6-9-21)20(24)25)22-7-1-2-16(22)15-3-4-17-18(12-15)27-11-10-26-17/h3-4,12,14,16H,1-2,5-11,13H2,(H,24,25). The summed E-state index contributed by atoms with van der Waals surface area (Å²) in [5.41, 5.74) is 1.09. The SMILES string of the molecule is O=C(O)C1CCN(CC(=O)N2CCCC2c2ccc3c(c2)OCCO3)CC1. The van der Waals surface area contributed by atoms with E-state index in [-0.39, 0.29) is 17.9 Å². The average Bonchev–Trinajstić information content (AvgIpc) is 3.18. The molecule has 0 spiro atoms. The lowest BCUT2D eigenvalue weighted by molar-refractivity contribution is -0.143. The molecule has 0 aliphatic carbocycles. The second-order valence-corrected chi connectivity index (χ2v) is 7.54. The Morgan fingerprint density at radius 2 is 1.78 bits per heavy atom. The summed E-state index contributed by atoms with van der Waals surface area (Å²) in [5, 5.41) is 9.11. The molecule has 1 unspecified atom stereocenters. The van der Waals surface area contributed by atoms with Gasteiger partial charge in [0.2, 0.25) is 5.91 Å². The maximum atomic E-state index is 12.9. The molecule has 1 amide bonds. The largest absolute Gasteiger partial charge is 0.486 e. The Morgan fingerprint density at radius 1 is 1.04 bits per heavy atom. The number of amides is 1. The number of nitrogens with zero attached hydrogens (tertiary/aromatic N) is 2. The lowest BCUT2D eigenvalue weighted by Crippen LogP contribution is -2.44. The number of benzene rings is 1. The topological polar surface area (TPSA) is 79.3 Å². The van der Waals surface area contributed by atoms with Gasteiger partial charge in [0.15, 0.2) is 11.5 Å². The fraction of sp³-hybridized carbons (Fsp3) is 0.600. The van der Waals surface area contributed by atoms with Crippen molar-refractivity contribution in [3.63, 3.8) is 0 Å². The molecule has 0 aromatic heterocycles. The van der Waals surface area contributed by atoms with Crippen LogP contribution < -0.4 is 9.47 Å². The monoisotopic (exact) mass is 374 g/mol. The van der Waals surface area contributed by atoms with Gasteiger partial charge in [-0.05, 0) is 56.5 Å². The number of hydrogen-bond acceptors (Lipinski definition) is 5. The second-order valence-electron chi connectivity index (χ2n) is 7.54. The molecule has 0 radical (unpaired) electrons. The summed E-state index contributed by atoms with van der Waals surface area (Å²) in [5.74, 6) is 0.657. The van der Waals surface area contributed by atoms with E-state index in [4.69, 9.17) is 14.6 Å². The molecule has 1 aromatic rings. The Balaban J connectivity index is 1.39. The van der Waals surface area contributed by atoms with Crippen molar-refractivity contribution in [3.8, 4) is 11.5 Å². The zero-order valence-electron chi connectivity index (χ0n) is 15.4. The van der Waals surface area contributed by atoms with Gasteiger partial charge in [-0.25, -0.2) is 0 Å². The van der Waals surface area contributed by atoms with Crippen LogP contribution in [0.4, 0.5) is 0 Å². The minimum atomic E-state index is -0.723. The van der Waals surface area contributed by atoms with E-state index in [1.165, 1.54) is 0 Å². The number of piperidine rings is 1. The van der Waals surface area contributed by atoms with Crippen LogP contribution in [0.5, 0.6) is 11.5 Å². The van der Waals surface area contributed by atoms with Crippen molar-refractivity contribution in [1.29, 1.82) is 0 Å². The predicted molar refractivity (Wildman–Crippen MR) is 97.9 cm³/mol. The molecule has 146 valence electrons. The number of carbonyl (C=O) groups excluding carboxylic acids is 1. The van der Waals surface area contributed by atoms with E-state index in [0.717, 1.165) is 36.4 Å². The van der Waals surface area contributed by atoms with E-state index in [1.807, 2.05) is 23.1 Å². The molecular weight excluding hydrogens is 348 g/mol. The van der Waals surface area contributed by atoms with Crippen LogP contribution in [0.2, 0.25) is 0 Å². The van der Waals surface area contributed by atoms with Crippen LogP contribution in [0.3, 0.4) is 0 Å². The highest BCUT2D eigenvalue weighted by Gasteiger charge is 2.33. The molecule has 1 aromatic carbocycles. The molecule has 0 bridgehead atoms. The third kappa shape index (κ3) is 3.88.